The summed E-state index contributed by atoms with van der Waals surface area (Å²) in [5.41, 5.74) is 2.48. The average molecular weight is 526 g/mol. The quantitative estimate of drug-likeness (QED) is 0.299. The van der Waals surface area contributed by atoms with Gasteiger partial charge >= 0.3 is 16.2 Å². The first-order chi connectivity index (χ1) is 17.2. The summed E-state index contributed by atoms with van der Waals surface area (Å²) in [6.07, 6.45) is 1.51. The van der Waals surface area contributed by atoms with E-state index < -0.39 is 22.0 Å². The number of benzene rings is 3. The number of aromatic carboxylic acids is 1. The van der Waals surface area contributed by atoms with Gasteiger partial charge in [0.25, 0.3) is 0 Å². The summed E-state index contributed by atoms with van der Waals surface area (Å²) in [6.45, 7) is 1.47. The van der Waals surface area contributed by atoms with Crippen molar-refractivity contribution >= 4 is 66.8 Å². The van der Waals surface area contributed by atoms with Crippen LogP contribution < -0.4 is 9.03 Å². The van der Waals surface area contributed by atoms with Gasteiger partial charge in [0, 0.05) is 10.4 Å². The van der Waals surface area contributed by atoms with Crippen LogP contribution in [0.3, 0.4) is 0 Å². The molecule has 0 saturated carbocycles. The monoisotopic (exact) mass is 525 g/mol. The van der Waals surface area contributed by atoms with E-state index in [1.807, 2.05) is 0 Å². The number of aryl methyl sites for hydroxylation is 1. The van der Waals surface area contributed by atoms with Crippen molar-refractivity contribution in [2.24, 2.45) is 0 Å². The lowest BCUT2D eigenvalue weighted by atomic mass is 10.1. The number of nitrogens with one attached hydrogen (secondary N) is 2. The zero-order valence-corrected chi connectivity index (χ0v) is 20.2. The maximum absolute atomic E-state index is 14.8. The molecule has 0 spiro atoms. The molecule has 0 radical (unpaired) electrons. The summed E-state index contributed by atoms with van der Waals surface area (Å²) >= 11 is 6.49. The molecule has 2 aromatic heterocycles. The summed E-state index contributed by atoms with van der Waals surface area (Å²) in [7, 11) is -4.19. The number of carboxylic acid groups (broad SMARTS) is 1. The zero-order chi connectivity index (χ0) is 25.4. The van der Waals surface area contributed by atoms with Crippen molar-refractivity contribution < 1.29 is 22.7 Å². The molecule has 0 fully saturated rings. The SMILES string of the molecule is Cc1cc2c(N3c4ccccc4NS3(=O)=O)c(C(=O)O)n(Cc3cc4[nH]cnc4cc3Cl)c2cc1F. The molecule has 36 heavy (non-hydrogen) atoms. The van der Waals surface area contributed by atoms with Gasteiger partial charge in [-0.3, -0.25) is 4.72 Å². The molecule has 0 aliphatic carbocycles. The molecule has 0 atom stereocenters. The van der Waals surface area contributed by atoms with Crippen LogP contribution in [0.4, 0.5) is 21.5 Å². The third kappa shape index (κ3) is 3.23. The Morgan fingerprint density at radius 3 is 2.75 bits per heavy atom. The van der Waals surface area contributed by atoms with Crippen molar-refractivity contribution in [2.75, 3.05) is 9.03 Å². The summed E-state index contributed by atoms with van der Waals surface area (Å²) < 4.78 is 46.0. The van der Waals surface area contributed by atoms with Gasteiger partial charge in [0.1, 0.15) is 5.82 Å². The van der Waals surface area contributed by atoms with E-state index in [0.29, 0.717) is 27.3 Å². The van der Waals surface area contributed by atoms with E-state index in [2.05, 4.69) is 14.7 Å². The molecule has 182 valence electrons. The molecule has 0 amide bonds. The Hall–Kier alpha value is -4.09. The van der Waals surface area contributed by atoms with Gasteiger partial charge in [-0.2, -0.15) is 8.42 Å². The number of aromatic nitrogens is 3. The highest BCUT2D eigenvalue weighted by Crippen LogP contribution is 2.47. The lowest BCUT2D eigenvalue weighted by Gasteiger charge is -2.18. The van der Waals surface area contributed by atoms with Gasteiger partial charge in [0.05, 0.1) is 46.5 Å². The molecule has 0 unspecified atom stereocenters. The number of aromatic amines is 1. The number of nitrogens with zero attached hydrogens (tertiary/aromatic N) is 3. The molecule has 6 rings (SSSR count). The molecular formula is C24H17ClFN5O4S. The van der Waals surface area contributed by atoms with E-state index in [9.17, 15) is 22.7 Å². The van der Waals surface area contributed by atoms with Crippen molar-refractivity contribution in [3.8, 4) is 0 Å². The zero-order valence-electron chi connectivity index (χ0n) is 18.6. The van der Waals surface area contributed by atoms with Gasteiger partial charge in [-0.05, 0) is 54.4 Å². The molecular weight excluding hydrogens is 509 g/mol. The highest BCUT2D eigenvalue weighted by Gasteiger charge is 2.39. The van der Waals surface area contributed by atoms with Crippen molar-refractivity contribution in [1.82, 2.24) is 14.5 Å². The van der Waals surface area contributed by atoms with Crippen LogP contribution in [0.2, 0.25) is 5.02 Å². The molecule has 0 bridgehead atoms. The number of para-hydroxylation sites is 2. The number of H-pyrrole nitrogens is 1. The van der Waals surface area contributed by atoms with E-state index in [-0.39, 0.29) is 40.1 Å². The van der Waals surface area contributed by atoms with E-state index in [1.165, 1.54) is 30.0 Å². The topological polar surface area (TPSA) is 120 Å². The summed E-state index contributed by atoms with van der Waals surface area (Å²) in [5.74, 6) is -1.93. The molecule has 3 aromatic carbocycles. The Morgan fingerprint density at radius 1 is 1.19 bits per heavy atom. The van der Waals surface area contributed by atoms with E-state index in [0.717, 1.165) is 4.31 Å². The lowest BCUT2D eigenvalue weighted by Crippen LogP contribution is -2.27. The van der Waals surface area contributed by atoms with Crippen molar-refractivity contribution in [3.05, 3.63) is 82.5 Å². The standard InChI is InChI=1S/C24H17ClFN5O4S/c1-12-6-14-21(9-16(12)26)30(10-13-7-18-19(8-15(13)25)28-11-27-18)23(24(32)33)22(14)31-20-5-3-2-4-17(20)29-36(31,34)35/h2-9,11,29H,10H2,1H3,(H,27,28)(H,32,33). The molecule has 3 N–H and O–H groups in total. The van der Waals surface area contributed by atoms with Crippen molar-refractivity contribution in [2.45, 2.75) is 13.5 Å². The normalized spacial score (nSPS) is 14.4. The minimum atomic E-state index is -4.19. The van der Waals surface area contributed by atoms with Gasteiger partial charge in [0.15, 0.2) is 5.69 Å². The lowest BCUT2D eigenvalue weighted by molar-refractivity contribution is 0.0687. The molecule has 1 aliphatic heterocycles. The van der Waals surface area contributed by atoms with Crippen LogP contribution in [0.25, 0.3) is 21.9 Å². The molecule has 3 heterocycles. The second kappa shape index (κ2) is 7.70. The number of rotatable bonds is 4. The predicted octanol–water partition coefficient (Wildman–Crippen LogP) is 5.17. The van der Waals surface area contributed by atoms with Crippen LogP contribution in [0.5, 0.6) is 0 Å². The number of carboxylic acids is 1. The molecule has 12 heteroatoms. The van der Waals surface area contributed by atoms with Crippen LogP contribution in [0, 0.1) is 12.7 Å². The first-order valence-corrected chi connectivity index (χ1v) is 12.6. The number of carbonyl (C=O) groups is 1. The Balaban J connectivity index is 1.68. The molecule has 1 aliphatic rings. The van der Waals surface area contributed by atoms with Gasteiger partial charge in [-0.25, -0.2) is 18.5 Å². The van der Waals surface area contributed by atoms with Crippen LogP contribution in [-0.2, 0) is 16.8 Å². The third-order valence-electron chi connectivity index (χ3n) is 6.24. The number of hydrogen-bond acceptors (Lipinski definition) is 4. The highest BCUT2D eigenvalue weighted by atomic mass is 35.5. The fourth-order valence-corrected chi connectivity index (χ4v) is 6.23. The predicted molar refractivity (Wildman–Crippen MR) is 135 cm³/mol. The van der Waals surface area contributed by atoms with Crippen LogP contribution in [0.1, 0.15) is 21.6 Å². The Bertz CT molecular complexity index is 1850. The number of anilines is 3. The maximum atomic E-state index is 14.8. The number of hydrogen-bond donors (Lipinski definition) is 3. The molecule has 9 nitrogen and oxygen atoms in total. The summed E-state index contributed by atoms with van der Waals surface area (Å²) in [5, 5.41) is 11.0. The average Bonchev–Trinajstić information content (AvgIpc) is 3.45. The summed E-state index contributed by atoms with van der Waals surface area (Å²) in [6, 6.07) is 12.5. The van der Waals surface area contributed by atoms with Crippen molar-refractivity contribution in [3.63, 3.8) is 0 Å². The largest absolute Gasteiger partial charge is 0.477 e. The number of halogens is 2. The van der Waals surface area contributed by atoms with E-state index >= 15 is 0 Å². The number of imidazole rings is 1. The van der Waals surface area contributed by atoms with Crippen molar-refractivity contribution in [1.29, 1.82) is 0 Å². The second-order valence-electron chi connectivity index (χ2n) is 8.46. The number of fused-ring (bicyclic) bond motifs is 3. The summed E-state index contributed by atoms with van der Waals surface area (Å²) in [4.78, 5) is 19.9. The second-order valence-corrected chi connectivity index (χ2v) is 10.4. The minimum absolute atomic E-state index is 0.0581. The smallest absolute Gasteiger partial charge is 0.354 e. The van der Waals surface area contributed by atoms with Crippen LogP contribution in [0.15, 0.2) is 54.9 Å². The van der Waals surface area contributed by atoms with Gasteiger partial charge in [0.2, 0.25) is 0 Å². The molecule has 5 aromatic rings. The Labute approximate surface area is 208 Å². The van der Waals surface area contributed by atoms with Crippen LogP contribution >= 0.6 is 11.6 Å². The first-order valence-electron chi connectivity index (χ1n) is 10.7. The van der Waals surface area contributed by atoms with Crippen LogP contribution in [-0.4, -0.2) is 34.0 Å². The van der Waals surface area contributed by atoms with E-state index in [4.69, 9.17) is 11.6 Å². The highest BCUT2D eigenvalue weighted by molar-refractivity contribution is 7.95. The Morgan fingerprint density at radius 2 is 1.97 bits per heavy atom. The maximum Gasteiger partial charge on any atom is 0.354 e. The fraction of sp³-hybridized carbons (Fsp3) is 0.0833. The fourth-order valence-electron chi connectivity index (χ4n) is 4.63. The Kier molecular flexibility index (Phi) is 4.79. The van der Waals surface area contributed by atoms with Gasteiger partial charge in [-0.1, -0.05) is 23.7 Å². The van der Waals surface area contributed by atoms with Gasteiger partial charge in [-0.15, -0.1) is 0 Å². The third-order valence-corrected chi connectivity index (χ3v) is 7.93. The van der Waals surface area contributed by atoms with E-state index in [1.54, 1.807) is 36.4 Å². The first kappa shape index (κ1) is 22.4. The minimum Gasteiger partial charge on any atom is -0.477 e. The molecule has 0 saturated heterocycles. The van der Waals surface area contributed by atoms with Gasteiger partial charge < -0.3 is 14.7 Å².